The minimum atomic E-state index is -0.250. The first-order valence-corrected chi connectivity index (χ1v) is 9.62. The Bertz CT molecular complexity index is 649. The Kier molecular flexibility index (Phi) is 5.22. The van der Waals surface area contributed by atoms with Crippen molar-refractivity contribution in [2.75, 3.05) is 5.84 Å². The van der Waals surface area contributed by atoms with Gasteiger partial charge in [0.05, 0.1) is 10.1 Å². The van der Waals surface area contributed by atoms with E-state index in [1.54, 1.807) is 11.3 Å². The molecule has 3 N–H and O–H groups in total. The molecule has 0 radical (unpaired) electrons. The van der Waals surface area contributed by atoms with Crippen LogP contribution in [-0.4, -0.2) is 32.1 Å². The van der Waals surface area contributed by atoms with Crippen LogP contribution >= 0.6 is 23.1 Å². The molecule has 0 saturated heterocycles. The maximum absolute atomic E-state index is 12.3. The molecule has 0 aliphatic heterocycles. The van der Waals surface area contributed by atoms with Gasteiger partial charge < -0.3 is 11.2 Å². The predicted octanol–water partition coefficient (Wildman–Crippen LogP) is 2.65. The maximum atomic E-state index is 12.3. The lowest BCUT2D eigenvalue weighted by Crippen LogP contribution is -2.40. The van der Waals surface area contributed by atoms with E-state index in [4.69, 9.17) is 5.84 Å². The van der Waals surface area contributed by atoms with Gasteiger partial charge in [0, 0.05) is 6.04 Å². The number of nitrogens with one attached hydrogen (secondary N) is 1. The zero-order valence-corrected chi connectivity index (χ0v) is 14.7. The molecule has 1 aliphatic carbocycles. The van der Waals surface area contributed by atoms with Crippen molar-refractivity contribution in [2.24, 2.45) is 0 Å². The van der Waals surface area contributed by atoms with E-state index < -0.39 is 0 Å². The summed E-state index contributed by atoms with van der Waals surface area (Å²) in [5.41, 5.74) is 0. The largest absolute Gasteiger partial charge is 0.352 e. The average Bonchev–Trinajstić information content (AvgIpc) is 3.19. The summed E-state index contributed by atoms with van der Waals surface area (Å²) in [6.07, 6.45) is 5.84. The van der Waals surface area contributed by atoms with Crippen LogP contribution in [0.3, 0.4) is 0 Å². The molecule has 124 valence electrons. The van der Waals surface area contributed by atoms with E-state index >= 15 is 0 Å². The quantitative estimate of drug-likeness (QED) is 0.639. The number of nitrogens with two attached hydrogens (primary N) is 1. The highest BCUT2D eigenvalue weighted by Gasteiger charge is 2.23. The summed E-state index contributed by atoms with van der Waals surface area (Å²) < 4.78 is 1.46. The monoisotopic (exact) mass is 351 g/mol. The first kappa shape index (κ1) is 16.3. The molecule has 1 saturated carbocycles. The van der Waals surface area contributed by atoms with E-state index in [0.29, 0.717) is 17.0 Å². The third-order valence-electron chi connectivity index (χ3n) is 4.01. The van der Waals surface area contributed by atoms with Crippen molar-refractivity contribution in [3.8, 4) is 10.7 Å². The zero-order chi connectivity index (χ0) is 16.2. The Morgan fingerprint density at radius 3 is 2.91 bits per heavy atom. The molecule has 2 heterocycles. The second kappa shape index (κ2) is 7.35. The fourth-order valence-corrected chi connectivity index (χ4v) is 4.19. The summed E-state index contributed by atoms with van der Waals surface area (Å²) in [6.45, 7) is 1.88. The lowest BCUT2D eigenvalue weighted by atomic mass is 9.95. The molecular weight excluding hydrogens is 330 g/mol. The normalized spacial score (nSPS) is 17.1. The lowest BCUT2D eigenvalue weighted by molar-refractivity contribution is -0.121. The first-order chi connectivity index (χ1) is 11.1. The van der Waals surface area contributed by atoms with Crippen LogP contribution in [-0.2, 0) is 4.79 Å². The Morgan fingerprint density at radius 2 is 2.22 bits per heavy atom. The van der Waals surface area contributed by atoms with Crippen LogP contribution in [0.5, 0.6) is 0 Å². The SMILES string of the molecule is CC(Sc1nnc(-c2cccs2)n1N)C(=O)NC1CCCCC1. The topological polar surface area (TPSA) is 85.8 Å². The van der Waals surface area contributed by atoms with Crippen LogP contribution in [0.25, 0.3) is 10.7 Å². The number of rotatable bonds is 5. The minimum Gasteiger partial charge on any atom is -0.352 e. The van der Waals surface area contributed by atoms with Crippen molar-refractivity contribution >= 4 is 29.0 Å². The molecule has 1 amide bonds. The van der Waals surface area contributed by atoms with Crippen LogP contribution in [0.4, 0.5) is 0 Å². The zero-order valence-electron chi connectivity index (χ0n) is 13.1. The van der Waals surface area contributed by atoms with Gasteiger partial charge in [-0.15, -0.1) is 21.5 Å². The highest BCUT2D eigenvalue weighted by Crippen LogP contribution is 2.27. The fraction of sp³-hybridized carbons (Fsp3) is 0.533. The molecular formula is C15H21N5OS2. The Balaban J connectivity index is 1.61. The van der Waals surface area contributed by atoms with E-state index in [1.165, 1.54) is 35.7 Å². The van der Waals surface area contributed by atoms with Crippen LogP contribution in [0.15, 0.2) is 22.7 Å². The Hall–Kier alpha value is -1.54. The average molecular weight is 352 g/mol. The highest BCUT2D eigenvalue weighted by atomic mass is 32.2. The summed E-state index contributed by atoms with van der Waals surface area (Å²) in [5.74, 6) is 6.74. The molecule has 0 bridgehead atoms. The molecule has 2 aromatic heterocycles. The fourth-order valence-electron chi connectivity index (χ4n) is 2.71. The number of carbonyl (C=O) groups is 1. The van der Waals surface area contributed by atoms with Gasteiger partial charge in [-0.3, -0.25) is 4.79 Å². The number of nitrogen functional groups attached to an aromatic ring is 1. The molecule has 1 aliphatic rings. The van der Waals surface area contributed by atoms with E-state index in [-0.39, 0.29) is 11.2 Å². The molecule has 1 atom stereocenters. The molecule has 0 spiro atoms. The number of thioether (sulfide) groups is 1. The van der Waals surface area contributed by atoms with Gasteiger partial charge in [-0.1, -0.05) is 37.1 Å². The van der Waals surface area contributed by atoms with Crippen LogP contribution in [0, 0.1) is 0 Å². The van der Waals surface area contributed by atoms with E-state index in [2.05, 4.69) is 15.5 Å². The third kappa shape index (κ3) is 3.87. The Morgan fingerprint density at radius 1 is 1.43 bits per heavy atom. The molecule has 6 nitrogen and oxygen atoms in total. The molecule has 3 rings (SSSR count). The number of thiophene rings is 1. The number of carbonyl (C=O) groups excluding carboxylic acids is 1. The summed E-state index contributed by atoms with van der Waals surface area (Å²) >= 11 is 2.90. The predicted molar refractivity (Wildman–Crippen MR) is 93.8 cm³/mol. The summed E-state index contributed by atoms with van der Waals surface area (Å²) in [5, 5.41) is 13.7. The van der Waals surface area contributed by atoms with Crippen molar-refractivity contribution < 1.29 is 4.79 Å². The van der Waals surface area contributed by atoms with Crippen molar-refractivity contribution in [3.63, 3.8) is 0 Å². The number of amides is 1. The van der Waals surface area contributed by atoms with E-state index in [9.17, 15) is 4.79 Å². The Labute approximate surface area is 143 Å². The summed E-state index contributed by atoms with van der Waals surface area (Å²) in [6, 6.07) is 4.21. The molecule has 2 aromatic rings. The standard InChI is InChI=1S/C15H21N5OS2/c1-10(14(21)17-11-6-3-2-4-7-11)23-15-19-18-13(20(15)16)12-8-5-9-22-12/h5,8-11H,2-4,6-7,16H2,1H3,(H,17,21). The maximum Gasteiger partial charge on any atom is 0.233 e. The van der Waals surface area contributed by atoms with Gasteiger partial charge in [0.15, 0.2) is 5.82 Å². The lowest BCUT2D eigenvalue weighted by Gasteiger charge is -2.24. The number of hydrogen-bond acceptors (Lipinski definition) is 6. The summed E-state index contributed by atoms with van der Waals surface area (Å²) in [4.78, 5) is 13.3. The van der Waals surface area contributed by atoms with E-state index in [1.807, 2.05) is 24.4 Å². The van der Waals surface area contributed by atoms with Crippen LogP contribution < -0.4 is 11.2 Å². The van der Waals surface area contributed by atoms with Gasteiger partial charge in [0.1, 0.15) is 0 Å². The summed E-state index contributed by atoms with van der Waals surface area (Å²) in [7, 11) is 0. The van der Waals surface area contributed by atoms with Gasteiger partial charge >= 0.3 is 0 Å². The number of hydrogen-bond donors (Lipinski definition) is 2. The van der Waals surface area contributed by atoms with Crippen molar-refractivity contribution in [3.05, 3.63) is 17.5 Å². The van der Waals surface area contributed by atoms with Gasteiger partial charge in [0.2, 0.25) is 11.1 Å². The van der Waals surface area contributed by atoms with Gasteiger partial charge in [-0.05, 0) is 31.2 Å². The van der Waals surface area contributed by atoms with Crippen molar-refractivity contribution in [1.29, 1.82) is 0 Å². The highest BCUT2D eigenvalue weighted by molar-refractivity contribution is 8.00. The smallest absolute Gasteiger partial charge is 0.233 e. The minimum absolute atomic E-state index is 0.0440. The van der Waals surface area contributed by atoms with Crippen molar-refractivity contribution in [1.82, 2.24) is 20.2 Å². The van der Waals surface area contributed by atoms with Gasteiger partial charge in [-0.25, -0.2) is 4.68 Å². The van der Waals surface area contributed by atoms with Gasteiger partial charge in [0.25, 0.3) is 0 Å². The second-order valence-corrected chi connectivity index (χ2v) is 8.01. The van der Waals surface area contributed by atoms with E-state index in [0.717, 1.165) is 17.7 Å². The van der Waals surface area contributed by atoms with Crippen LogP contribution in [0.1, 0.15) is 39.0 Å². The molecule has 0 aromatic carbocycles. The first-order valence-electron chi connectivity index (χ1n) is 7.86. The molecule has 1 unspecified atom stereocenters. The van der Waals surface area contributed by atoms with Crippen molar-refractivity contribution in [2.45, 2.75) is 55.5 Å². The number of nitrogens with zero attached hydrogens (tertiary/aromatic N) is 3. The molecule has 23 heavy (non-hydrogen) atoms. The third-order valence-corrected chi connectivity index (χ3v) is 5.93. The second-order valence-electron chi connectivity index (χ2n) is 5.76. The van der Waals surface area contributed by atoms with Gasteiger partial charge in [-0.2, -0.15) is 0 Å². The van der Waals surface area contributed by atoms with Crippen LogP contribution in [0.2, 0.25) is 0 Å². The molecule has 1 fully saturated rings. The number of aromatic nitrogens is 3. The molecule has 8 heteroatoms.